The number of ether oxygens (including phenoxy) is 1. The van der Waals surface area contributed by atoms with Crippen molar-refractivity contribution in [3.05, 3.63) is 0 Å². The highest BCUT2D eigenvalue weighted by atomic mass is 35.5. The predicted molar refractivity (Wildman–Crippen MR) is 85.8 cm³/mol. The van der Waals surface area contributed by atoms with Crippen LogP contribution in [0.25, 0.3) is 0 Å². The largest absolute Gasteiger partial charge is 0.376 e. The molecule has 2 unspecified atom stereocenters. The van der Waals surface area contributed by atoms with Gasteiger partial charge in [-0.15, -0.1) is 12.4 Å². The lowest BCUT2D eigenvalue weighted by Gasteiger charge is -2.32. The van der Waals surface area contributed by atoms with Crippen molar-refractivity contribution >= 4 is 18.3 Å². The number of hydrogen-bond donors (Lipinski definition) is 1. The maximum Gasteiger partial charge on any atom is 0.224 e. The van der Waals surface area contributed by atoms with E-state index in [-0.39, 0.29) is 18.5 Å². The van der Waals surface area contributed by atoms with Gasteiger partial charge in [0.25, 0.3) is 0 Å². The molecule has 0 radical (unpaired) electrons. The Morgan fingerprint density at radius 3 is 2.52 bits per heavy atom. The molecule has 3 rings (SSSR count). The quantitative estimate of drug-likeness (QED) is 0.847. The summed E-state index contributed by atoms with van der Waals surface area (Å²) in [5.41, 5.74) is 0. The minimum atomic E-state index is 0. The summed E-state index contributed by atoms with van der Waals surface area (Å²) in [6, 6.07) is 0.893. The minimum Gasteiger partial charge on any atom is -0.376 e. The molecule has 5 heteroatoms. The van der Waals surface area contributed by atoms with Crippen molar-refractivity contribution in [2.45, 2.75) is 76.0 Å². The van der Waals surface area contributed by atoms with Crippen LogP contribution in [0.1, 0.15) is 57.8 Å². The van der Waals surface area contributed by atoms with E-state index in [9.17, 15) is 4.79 Å². The second kappa shape index (κ2) is 8.35. The van der Waals surface area contributed by atoms with Crippen LogP contribution in [0.4, 0.5) is 0 Å². The molecule has 2 aliphatic heterocycles. The van der Waals surface area contributed by atoms with Gasteiger partial charge in [0.05, 0.1) is 6.10 Å². The van der Waals surface area contributed by atoms with Crippen LogP contribution in [0.5, 0.6) is 0 Å². The fraction of sp³-hybridized carbons (Fsp3) is 0.938. The standard InChI is InChI=1S/C16H28N2O2.ClH/c19-16(11-13-5-3-9-17-13)18(14-6-1-2-7-14)12-15-8-4-10-20-15;/h13-15,17H,1-12H2;1H. The van der Waals surface area contributed by atoms with Gasteiger partial charge in [0.2, 0.25) is 5.91 Å². The number of carbonyl (C=O) groups excluding carboxylic acids is 1. The van der Waals surface area contributed by atoms with E-state index in [0.29, 0.717) is 24.4 Å². The molecule has 3 fully saturated rings. The molecule has 1 amide bonds. The fourth-order valence-electron chi connectivity index (χ4n) is 3.94. The Morgan fingerprint density at radius 1 is 1.10 bits per heavy atom. The zero-order chi connectivity index (χ0) is 13.8. The van der Waals surface area contributed by atoms with E-state index in [2.05, 4.69) is 10.2 Å². The number of halogens is 1. The molecule has 0 bridgehead atoms. The van der Waals surface area contributed by atoms with Crippen LogP contribution < -0.4 is 5.32 Å². The smallest absolute Gasteiger partial charge is 0.224 e. The van der Waals surface area contributed by atoms with Crippen LogP contribution >= 0.6 is 12.4 Å². The summed E-state index contributed by atoms with van der Waals surface area (Å²) in [5, 5.41) is 3.45. The summed E-state index contributed by atoms with van der Waals surface area (Å²) >= 11 is 0. The van der Waals surface area contributed by atoms with Crippen LogP contribution in [-0.4, -0.2) is 48.7 Å². The molecule has 1 aliphatic carbocycles. The number of nitrogens with one attached hydrogen (secondary N) is 1. The molecule has 2 atom stereocenters. The van der Waals surface area contributed by atoms with Gasteiger partial charge < -0.3 is 15.0 Å². The lowest BCUT2D eigenvalue weighted by Crippen LogP contribution is -2.45. The first-order chi connectivity index (χ1) is 9.83. The summed E-state index contributed by atoms with van der Waals surface area (Å²) < 4.78 is 5.75. The summed E-state index contributed by atoms with van der Waals surface area (Å²) in [6.07, 6.45) is 10.6. The number of carbonyl (C=O) groups is 1. The Kier molecular flexibility index (Phi) is 6.77. The van der Waals surface area contributed by atoms with E-state index in [1.165, 1.54) is 32.1 Å². The average molecular weight is 317 g/mol. The minimum absolute atomic E-state index is 0. The Hall–Kier alpha value is -0.320. The highest BCUT2D eigenvalue weighted by Crippen LogP contribution is 2.26. The fourth-order valence-corrected chi connectivity index (χ4v) is 3.94. The van der Waals surface area contributed by atoms with Crippen molar-refractivity contribution in [1.29, 1.82) is 0 Å². The van der Waals surface area contributed by atoms with E-state index >= 15 is 0 Å². The molecule has 1 N–H and O–H groups in total. The molecule has 0 aromatic heterocycles. The maximum absolute atomic E-state index is 12.7. The van der Waals surface area contributed by atoms with E-state index in [0.717, 1.165) is 39.0 Å². The summed E-state index contributed by atoms with van der Waals surface area (Å²) in [7, 11) is 0. The van der Waals surface area contributed by atoms with Gasteiger partial charge in [0.1, 0.15) is 0 Å². The van der Waals surface area contributed by atoms with E-state index in [4.69, 9.17) is 4.74 Å². The Morgan fingerprint density at radius 2 is 1.90 bits per heavy atom. The van der Waals surface area contributed by atoms with Gasteiger partial charge in [-0.25, -0.2) is 0 Å². The van der Waals surface area contributed by atoms with Gasteiger partial charge in [-0.2, -0.15) is 0 Å². The van der Waals surface area contributed by atoms with Crippen molar-refractivity contribution in [2.24, 2.45) is 0 Å². The second-order valence-electron chi connectivity index (χ2n) is 6.62. The van der Waals surface area contributed by atoms with Gasteiger partial charge in [0.15, 0.2) is 0 Å². The third-order valence-electron chi connectivity index (χ3n) is 5.09. The van der Waals surface area contributed by atoms with Crippen molar-refractivity contribution in [3.63, 3.8) is 0 Å². The predicted octanol–water partition coefficient (Wildman–Crippen LogP) is 2.50. The molecule has 0 spiro atoms. The summed E-state index contributed by atoms with van der Waals surface area (Å²) in [6.45, 7) is 2.78. The molecule has 1 saturated carbocycles. The molecule has 0 aromatic rings. The monoisotopic (exact) mass is 316 g/mol. The SMILES string of the molecule is Cl.O=C(CC1CCCN1)N(CC1CCCO1)C1CCCC1. The van der Waals surface area contributed by atoms with Crippen LogP contribution in [-0.2, 0) is 9.53 Å². The van der Waals surface area contributed by atoms with Crippen LogP contribution in [0, 0.1) is 0 Å². The normalized spacial score (nSPS) is 29.5. The first kappa shape index (κ1) is 17.0. The van der Waals surface area contributed by atoms with Gasteiger partial charge >= 0.3 is 0 Å². The van der Waals surface area contributed by atoms with E-state index < -0.39 is 0 Å². The summed E-state index contributed by atoms with van der Waals surface area (Å²) in [4.78, 5) is 14.9. The van der Waals surface area contributed by atoms with Gasteiger partial charge in [-0.1, -0.05) is 12.8 Å². The molecule has 2 saturated heterocycles. The molecule has 122 valence electrons. The topological polar surface area (TPSA) is 41.6 Å². The second-order valence-corrected chi connectivity index (χ2v) is 6.62. The first-order valence-corrected chi connectivity index (χ1v) is 8.47. The Balaban J connectivity index is 0.00000161. The van der Waals surface area contributed by atoms with Gasteiger partial charge in [-0.3, -0.25) is 4.79 Å². The number of rotatable bonds is 5. The van der Waals surface area contributed by atoms with Gasteiger partial charge in [0, 0.05) is 31.7 Å². The first-order valence-electron chi connectivity index (χ1n) is 8.47. The molecular weight excluding hydrogens is 288 g/mol. The van der Waals surface area contributed by atoms with Crippen molar-refractivity contribution in [1.82, 2.24) is 10.2 Å². The third-order valence-corrected chi connectivity index (χ3v) is 5.09. The van der Waals surface area contributed by atoms with Crippen molar-refractivity contribution in [3.8, 4) is 0 Å². The molecular formula is C16H29ClN2O2. The van der Waals surface area contributed by atoms with Gasteiger partial charge in [-0.05, 0) is 45.1 Å². The zero-order valence-corrected chi connectivity index (χ0v) is 13.7. The highest BCUT2D eigenvalue weighted by Gasteiger charge is 2.31. The van der Waals surface area contributed by atoms with Crippen LogP contribution in [0.15, 0.2) is 0 Å². The number of hydrogen-bond acceptors (Lipinski definition) is 3. The molecule has 21 heavy (non-hydrogen) atoms. The zero-order valence-electron chi connectivity index (χ0n) is 12.9. The average Bonchev–Trinajstić information content (AvgIpc) is 3.19. The number of amides is 1. The maximum atomic E-state index is 12.7. The third kappa shape index (κ3) is 4.57. The lowest BCUT2D eigenvalue weighted by molar-refractivity contribution is -0.135. The molecule has 4 nitrogen and oxygen atoms in total. The van der Waals surface area contributed by atoms with Crippen molar-refractivity contribution in [2.75, 3.05) is 19.7 Å². The van der Waals surface area contributed by atoms with Crippen LogP contribution in [0.3, 0.4) is 0 Å². The van der Waals surface area contributed by atoms with E-state index in [1.54, 1.807) is 0 Å². The van der Waals surface area contributed by atoms with Crippen molar-refractivity contribution < 1.29 is 9.53 Å². The van der Waals surface area contributed by atoms with Crippen LogP contribution in [0.2, 0.25) is 0 Å². The van der Waals surface area contributed by atoms with E-state index in [1.807, 2.05) is 0 Å². The highest BCUT2D eigenvalue weighted by molar-refractivity contribution is 5.85. The molecule has 3 aliphatic rings. The Labute approximate surface area is 134 Å². The molecule has 2 heterocycles. The molecule has 0 aromatic carbocycles. The summed E-state index contributed by atoms with van der Waals surface area (Å²) in [5.74, 6) is 0.354. The Bertz CT molecular complexity index is 322. The lowest BCUT2D eigenvalue weighted by atomic mass is 10.1. The number of nitrogens with zero attached hydrogens (tertiary/aromatic N) is 1.